The molecule has 6 nitrogen and oxygen atoms in total. The molecule has 0 saturated carbocycles. The number of carbonyl (C=O) groups is 2. The van der Waals surface area contributed by atoms with Crippen LogP contribution in [0.4, 0.5) is 0 Å². The van der Waals surface area contributed by atoms with Crippen molar-refractivity contribution in [3.63, 3.8) is 0 Å². The standard InChI is InChI=1S/C14H29NO2.C5H11NO2/c1-5-6-7-8-9-10-12(2)11-13(14(16)17)15(3)4;1-6(2,3)4-5(7)8/h12-13H,5-11H2,1-4H3,(H,16,17);4H2,1-3H3. The lowest BCUT2D eigenvalue weighted by Gasteiger charge is -2.23. The van der Waals surface area contributed by atoms with Crippen LogP contribution in [-0.4, -0.2) is 74.3 Å². The third-order valence-corrected chi connectivity index (χ3v) is 3.94. The molecule has 0 amide bonds. The summed E-state index contributed by atoms with van der Waals surface area (Å²) in [6, 6.07) is -0.333. The van der Waals surface area contributed by atoms with E-state index in [1.165, 1.54) is 32.1 Å². The van der Waals surface area contributed by atoms with Crippen molar-refractivity contribution in [2.75, 3.05) is 41.8 Å². The second-order valence-electron chi connectivity index (χ2n) is 8.18. The Balaban J connectivity index is 0. The topological polar surface area (TPSA) is 80.7 Å². The van der Waals surface area contributed by atoms with Gasteiger partial charge in [0.25, 0.3) is 0 Å². The van der Waals surface area contributed by atoms with E-state index in [9.17, 15) is 14.7 Å². The zero-order valence-electron chi connectivity index (χ0n) is 17.4. The van der Waals surface area contributed by atoms with E-state index in [0.29, 0.717) is 10.4 Å². The van der Waals surface area contributed by atoms with Crippen molar-refractivity contribution < 1.29 is 24.3 Å². The molecule has 0 aromatic carbocycles. The van der Waals surface area contributed by atoms with Gasteiger partial charge in [0.1, 0.15) is 12.6 Å². The maximum absolute atomic E-state index is 11.0. The Bertz CT molecular complexity index is 365. The number of quaternary nitrogens is 1. The van der Waals surface area contributed by atoms with Crippen LogP contribution in [0.2, 0.25) is 0 Å². The van der Waals surface area contributed by atoms with Gasteiger partial charge in [-0.15, -0.1) is 0 Å². The Kier molecular flexibility index (Phi) is 14.7. The van der Waals surface area contributed by atoms with Crippen molar-refractivity contribution in [2.24, 2.45) is 5.92 Å². The molecule has 150 valence electrons. The smallest absolute Gasteiger partial charge is 0.320 e. The Labute approximate surface area is 154 Å². The SMILES string of the molecule is CCCCCCCC(C)CC(C(=O)O)N(C)C.C[N+](C)(C)CC(=O)[O-]. The van der Waals surface area contributed by atoms with E-state index < -0.39 is 11.9 Å². The van der Waals surface area contributed by atoms with Gasteiger partial charge in [0.15, 0.2) is 0 Å². The number of rotatable bonds is 12. The summed E-state index contributed by atoms with van der Waals surface area (Å²) in [7, 11) is 9.08. The van der Waals surface area contributed by atoms with Crippen LogP contribution in [0.25, 0.3) is 0 Å². The predicted octanol–water partition coefficient (Wildman–Crippen LogP) is 1.83. The van der Waals surface area contributed by atoms with Gasteiger partial charge in [-0.3, -0.25) is 9.69 Å². The Morgan fingerprint density at radius 3 is 1.92 bits per heavy atom. The second-order valence-corrected chi connectivity index (χ2v) is 8.18. The molecule has 2 unspecified atom stereocenters. The summed E-state index contributed by atoms with van der Waals surface area (Å²) in [5, 5.41) is 19.0. The molecule has 0 aliphatic heterocycles. The lowest BCUT2D eigenvalue weighted by Crippen LogP contribution is -2.45. The summed E-state index contributed by atoms with van der Waals surface area (Å²) in [4.78, 5) is 22.7. The predicted molar refractivity (Wildman–Crippen MR) is 100 cm³/mol. The molecule has 6 heteroatoms. The van der Waals surface area contributed by atoms with E-state index in [2.05, 4.69) is 13.8 Å². The number of unbranched alkanes of at least 4 members (excludes halogenated alkanes) is 4. The highest BCUT2D eigenvalue weighted by Crippen LogP contribution is 2.17. The van der Waals surface area contributed by atoms with Gasteiger partial charge in [0.2, 0.25) is 0 Å². The van der Waals surface area contributed by atoms with E-state index >= 15 is 0 Å². The largest absolute Gasteiger partial charge is 0.544 e. The second kappa shape index (κ2) is 14.1. The van der Waals surface area contributed by atoms with Gasteiger partial charge in [0, 0.05) is 0 Å². The molecule has 0 aliphatic carbocycles. The number of hydrogen-bond donors (Lipinski definition) is 1. The highest BCUT2D eigenvalue weighted by atomic mass is 16.4. The molecule has 0 radical (unpaired) electrons. The number of hydrogen-bond acceptors (Lipinski definition) is 4. The number of carboxylic acids is 2. The Hall–Kier alpha value is -1.14. The average Bonchev–Trinajstić information content (AvgIpc) is 2.41. The van der Waals surface area contributed by atoms with Crippen molar-refractivity contribution in [3.8, 4) is 0 Å². The number of aliphatic carboxylic acids is 2. The van der Waals surface area contributed by atoms with E-state index in [1.54, 1.807) is 26.0 Å². The molecule has 0 rings (SSSR count). The van der Waals surface area contributed by atoms with Crippen LogP contribution < -0.4 is 5.11 Å². The zero-order valence-corrected chi connectivity index (χ0v) is 17.4. The molecule has 0 spiro atoms. The first-order valence-electron chi connectivity index (χ1n) is 9.30. The summed E-state index contributed by atoms with van der Waals surface area (Å²) in [5.41, 5.74) is 0. The summed E-state index contributed by atoms with van der Waals surface area (Å²) in [6.45, 7) is 4.45. The molecule has 0 fully saturated rings. The molecule has 1 N–H and O–H groups in total. The van der Waals surface area contributed by atoms with Crippen molar-refractivity contribution in [3.05, 3.63) is 0 Å². The quantitative estimate of drug-likeness (QED) is 0.424. The molecule has 0 bridgehead atoms. The fourth-order valence-corrected chi connectivity index (χ4v) is 2.52. The first-order valence-corrected chi connectivity index (χ1v) is 9.30. The average molecular weight is 361 g/mol. The van der Waals surface area contributed by atoms with Crippen molar-refractivity contribution in [1.29, 1.82) is 0 Å². The van der Waals surface area contributed by atoms with Crippen LogP contribution in [0, 0.1) is 5.92 Å². The van der Waals surface area contributed by atoms with Crippen LogP contribution in [0.3, 0.4) is 0 Å². The minimum atomic E-state index is -1.00. The summed E-state index contributed by atoms with van der Waals surface area (Å²) in [6.07, 6.45) is 8.36. The minimum absolute atomic E-state index is 0.0694. The maximum atomic E-state index is 11.0. The number of nitrogens with zero attached hydrogens (tertiary/aromatic N) is 2. The first kappa shape index (κ1) is 26.1. The summed E-state index contributed by atoms with van der Waals surface area (Å²) >= 11 is 0. The normalized spacial score (nSPS) is 13.8. The minimum Gasteiger partial charge on any atom is -0.544 e. The van der Waals surface area contributed by atoms with Gasteiger partial charge in [-0.25, -0.2) is 0 Å². The van der Waals surface area contributed by atoms with Gasteiger partial charge in [-0.2, -0.15) is 0 Å². The fraction of sp³-hybridized carbons (Fsp3) is 0.895. The molecule has 0 saturated heterocycles. The van der Waals surface area contributed by atoms with Crippen LogP contribution in [0.1, 0.15) is 58.8 Å². The summed E-state index contributed by atoms with van der Waals surface area (Å²) < 4.78 is 0.419. The molecule has 0 aromatic heterocycles. The van der Waals surface area contributed by atoms with Crippen LogP contribution in [-0.2, 0) is 9.59 Å². The van der Waals surface area contributed by atoms with Gasteiger partial charge in [-0.1, -0.05) is 52.4 Å². The van der Waals surface area contributed by atoms with E-state index in [1.807, 2.05) is 14.1 Å². The first-order chi connectivity index (χ1) is 11.4. The molecule has 0 heterocycles. The van der Waals surface area contributed by atoms with Gasteiger partial charge in [0.05, 0.1) is 27.1 Å². The Morgan fingerprint density at radius 1 is 1.08 bits per heavy atom. The van der Waals surface area contributed by atoms with E-state index in [-0.39, 0.29) is 12.6 Å². The lowest BCUT2D eigenvalue weighted by atomic mass is 9.95. The third kappa shape index (κ3) is 19.0. The van der Waals surface area contributed by atoms with Gasteiger partial charge < -0.3 is 19.5 Å². The number of carbonyl (C=O) groups excluding carboxylic acids is 1. The molecule has 25 heavy (non-hydrogen) atoms. The van der Waals surface area contributed by atoms with E-state index in [4.69, 9.17) is 5.11 Å². The maximum Gasteiger partial charge on any atom is 0.320 e. The van der Waals surface area contributed by atoms with Crippen LogP contribution in [0.15, 0.2) is 0 Å². The highest BCUT2D eigenvalue weighted by Gasteiger charge is 2.21. The van der Waals surface area contributed by atoms with Crippen molar-refractivity contribution >= 4 is 11.9 Å². The fourth-order valence-electron chi connectivity index (χ4n) is 2.52. The number of carboxylic acid groups (broad SMARTS) is 2. The Morgan fingerprint density at radius 2 is 1.60 bits per heavy atom. The third-order valence-electron chi connectivity index (χ3n) is 3.94. The highest BCUT2D eigenvalue weighted by molar-refractivity contribution is 5.73. The molecular formula is C19H40N2O4. The van der Waals surface area contributed by atoms with Crippen molar-refractivity contribution in [2.45, 2.75) is 64.8 Å². The monoisotopic (exact) mass is 360 g/mol. The summed E-state index contributed by atoms with van der Waals surface area (Å²) in [5.74, 6) is -1.20. The molecule has 2 atom stereocenters. The number of likely N-dealkylation sites (N-methyl/N-ethyl adjacent to an activating group) is 2. The molecule has 0 aliphatic rings. The van der Waals surface area contributed by atoms with Crippen LogP contribution >= 0.6 is 0 Å². The van der Waals surface area contributed by atoms with Crippen LogP contribution in [0.5, 0.6) is 0 Å². The van der Waals surface area contributed by atoms with Crippen molar-refractivity contribution in [1.82, 2.24) is 4.90 Å². The van der Waals surface area contributed by atoms with Gasteiger partial charge in [-0.05, 0) is 26.4 Å². The lowest BCUT2D eigenvalue weighted by molar-refractivity contribution is -0.864. The molecule has 0 aromatic rings. The zero-order chi connectivity index (χ0) is 20.0. The molecular weight excluding hydrogens is 320 g/mol. The van der Waals surface area contributed by atoms with E-state index in [0.717, 1.165) is 12.8 Å². The van der Waals surface area contributed by atoms with Gasteiger partial charge >= 0.3 is 5.97 Å².